The molecule has 0 spiro atoms. The molecule has 0 N–H and O–H groups in total. The van der Waals surface area contributed by atoms with Crippen LogP contribution in [0.4, 0.5) is 5.69 Å². The number of allylic oxidation sites excluding steroid dienone is 6. The zero-order valence-corrected chi connectivity index (χ0v) is 24.4. The van der Waals surface area contributed by atoms with Crippen LogP contribution in [0.15, 0.2) is 145 Å². The van der Waals surface area contributed by atoms with Crippen LogP contribution in [-0.2, 0) is 5.41 Å². The van der Waals surface area contributed by atoms with Crippen LogP contribution in [0.25, 0.3) is 16.7 Å². The largest absolute Gasteiger partial charge is 0.311 e. The molecule has 3 aliphatic carbocycles. The maximum atomic E-state index is 6.52. The molecule has 1 nitrogen and oxygen atoms in total. The molecule has 0 bridgehead atoms. The highest BCUT2D eigenvalue weighted by Gasteiger charge is 2.36. The van der Waals surface area contributed by atoms with Crippen LogP contribution in [0.1, 0.15) is 54.9 Å². The van der Waals surface area contributed by atoms with E-state index in [2.05, 4.69) is 152 Å². The van der Waals surface area contributed by atoms with E-state index in [9.17, 15) is 0 Å². The van der Waals surface area contributed by atoms with Crippen molar-refractivity contribution in [1.29, 1.82) is 0 Å². The van der Waals surface area contributed by atoms with E-state index in [0.29, 0.717) is 5.92 Å². The summed E-state index contributed by atoms with van der Waals surface area (Å²) in [6.45, 7) is 4.70. The minimum absolute atomic E-state index is 0.0287. The number of halogens is 1. The van der Waals surface area contributed by atoms with E-state index in [-0.39, 0.29) is 10.8 Å². The van der Waals surface area contributed by atoms with Crippen molar-refractivity contribution in [3.05, 3.63) is 167 Å². The molecule has 2 heteroatoms. The van der Waals surface area contributed by atoms with E-state index in [1.807, 2.05) is 0 Å². The van der Waals surface area contributed by atoms with Crippen LogP contribution in [-0.4, -0.2) is 5.38 Å². The van der Waals surface area contributed by atoms with Crippen molar-refractivity contribution < 1.29 is 0 Å². The molecule has 2 atom stereocenters. The third-order valence-electron chi connectivity index (χ3n) is 8.87. The summed E-state index contributed by atoms with van der Waals surface area (Å²) in [4.78, 5) is 2.46. The summed E-state index contributed by atoms with van der Waals surface area (Å²) >= 11 is 6.52. The SMILES string of the molecule is CC1(C)c2ccccc2-c2ccc(N(C3=CCC(Cl)C=C3)C3=CCC(c4ccccc4)C=C3c3ccccc3)cc21. The fourth-order valence-corrected chi connectivity index (χ4v) is 6.88. The lowest BCUT2D eigenvalue weighted by Gasteiger charge is -2.35. The minimum Gasteiger partial charge on any atom is -0.311 e. The summed E-state index contributed by atoms with van der Waals surface area (Å²) in [6.07, 6.45) is 13.3. The molecular weight excluding hydrogens is 518 g/mol. The van der Waals surface area contributed by atoms with Crippen molar-refractivity contribution in [1.82, 2.24) is 0 Å². The number of rotatable bonds is 5. The lowest BCUT2D eigenvalue weighted by molar-refractivity contribution is 0.660. The van der Waals surface area contributed by atoms with Crippen LogP contribution in [0.3, 0.4) is 0 Å². The molecule has 2 unspecified atom stereocenters. The third-order valence-corrected chi connectivity index (χ3v) is 9.20. The van der Waals surface area contributed by atoms with Gasteiger partial charge in [-0.1, -0.05) is 129 Å². The topological polar surface area (TPSA) is 3.24 Å². The van der Waals surface area contributed by atoms with Gasteiger partial charge in [-0.15, -0.1) is 11.6 Å². The number of benzene rings is 4. The summed E-state index contributed by atoms with van der Waals surface area (Å²) in [7, 11) is 0. The Labute approximate surface area is 248 Å². The van der Waals surface area contributed by atoms with Crippen LogP contribution < -0.4 is 4.90 Å². The highest BCUT2D eigenvalue weighted by atomic mass is 35.5. The van der Waals surface area contributed by atoms with Gasteiger partial charge in [0.15, 0.2) is 0 Å². The van der Waals surface area contributed by atoms with E-state index < -0.39 is 0 Å². The van der Waals surface area contributed by atoms with Gasteiger partial charge in [0, 0.05) is 34.0 Å². The Balaban J connectivity index is 1.38. The minimum atomic E-state index is -0.0664. The van der Waals surface area contributed by atoms with Gasteiger partial charge in [0.05, 0.1) is 5.38 Å². The standard InChI is InChI=1S/C39H34ClN/c1-39(2)36-16-10-9-15-33(36)34-23-22-32(26-37(34)39)41(31-20-18-30(40)19-21-31)38-24-17-29(27-11-5-3-6-12-27)25-35(38)28-13-7-4-8-14-28/h3-16,18,20-26,29-30H,17,19H2,1-2H3. The fourth-order valence-electron chi connectivity index (χ4n) is 6.72. The lowest BCUT2D eigenvalue weighted by atomic mass is 9.82. The van der Waals surface area contributed by atoms with Gasteiger partial charge < -0.3 is 4.90 Å². The van der Waals surface area contributed by atoms with Gasteiger partial charge in [0.25, 0.3) is 0 Å². The predicted octanol–water partition coefficient (Wildman–Crippen LogP) is 10.4. The number of fused-ring (bicyclic) bond motifs is 3. The number of nitrogens with zero attached hydrogens (tertiary/aromatic N) is 1. The van der Waals surface area contributed by atoms with Gasteiger partial charge in [-0.2, -0.15) is 0 Å². The second-order valence-electron chi connectivity index (χ2n) is 11.8. The van der Waals surface area contributed by atoms with Crippen molar-refractivity contribution in [2.45, 2.75) is 43.4 Å². The molecule has 0 aliphatic heterocycles. The van der Waals surface area contributed by atoms with Crippen LogP contribution in [0.5, 0.6) is 0 Å². The Morgan fingerprint density at radius 1 is 0.732 bits per heavy atom. The quantitative estimate of drug-likeness (QED) is 0.223. The molecule has 0 radical (unpaired) electrons. The molecule has 0 aromatic heterocycles. The van der Waals surface area contributed by atoms with Crippen LogP contribution in [0, 0.1) is 0 Å². The molecule has 3 aliphatic rings. The zero-order chi connectivity index (χ0) is 28.0. The average molecular weight is 552 g/mol. The van der Waals surface area contributed by atoms with Crippen molar-refractivity contribution in [3.8, 4) is 11.1 Å². The maximum absolute atomic E-state index is 6.52. The van der Waals surface area contributed by atoms with Crippen LogP contribution in [0.2, 0.25) is 0 Å². The van der Waals surface area contributed by atoms with E-state index in [4.69, 9.17) is 11.6 Å². The number of hydrogen-bond donors (Lipinski definition) is 0. The molecule has 0 saturated carbocycles. The van der Waals surface area contributed by atoms with E-state index >= 15 is 0 Å². The van der Waals surface area contributed by atoms with Gasteiger partial charge in [-0.3, -0.25) is 0 Å². The van der Waals surface area contributed by atoms with E-state index in [1.165, 1.54) is 56.0 Å². The number of anilines is 1. The molecular formula is C39H34ClN. The average Bonchev–Trinajstić information content (AvgIpc) is 3.25. The Bertz CT molecular complexity index is 1720. The van der Waals surface area contributed by atoms with Crippen molar-refractivity contribution in [3.63, 3.8) is 0 Å². The first-order chi connectivity index (χ1) is 20.0. The molecule has 0 amide bonds. The molecule has 0 fully saturated rings. The normalized spacial score (nSPS) is 20.4. The zero-order valence-electron chi connectivity index (χ0n) is 23.6. The summed E-state index contributed by atoms with van der Waals surface area (Å²) < 4.78 is 0. The van der Waals surface area contributed by atoms with Gasteiger partial charge in [-0.05, 0) is 64.4 Å². The van der Waals surface area contributed by atoms with Crippen molar-refractivity contribution >= 4 is 22.9 Å². The Morgan fingerprint density at radius 2 is 1.44 bits per heavy atom. The second-order valence-corrected chi connectivity index (χ2v) is 12.3. The summed E-state index contributed by atoms with van der Waals surface area (Å²) in [5.41, 5.74) is 12.8. The second kappa shape index (κ2) is 10.4. The van der Waals surface area contributed by atoms with E-state index in [0.717, 1.165) is 12.8 Å². The Kier molecular flexibility index (Phi) is 6.56. The summed E-state index contributed by atoms with van der Waals surface area (Å²) in [6, 6.07) is 37.6. The first-order valence-electron chi connectivity index (χ1n) is 14.6. The predicted molar refractivity (Wildman–Crippen MR) is 174 cm³/mol. The smallest absolute Gasteiger partial charge is 0.0555 e. The fraction of sp³-hybridized carbons (Fsp3) is 0.179. The molecule has 202 valence electrons. The van der Waals surface area contributed by atoms with Crippen molar-refractivity contribution in [2.24, 2.45) is 0 Å². The number of alkyl halides is 1. The number of hydrogen-bond acceptors (Lipinski definition) is 1. The summed E-state index contributed by atoms with van der Waals surface area (Å²) in [5.74, 6) is 0.327. The van der Waals surface area contributed by atoms with E-state index in [1.54, 1.807) is 0 Å². The molecule has 41 heavy (non-hydrogen) atoms. The summed E-state index contributed by atoms with van der Waals surface area (Å²) in [5, 5.41) is 0.0287. The van der Waals surface area contributed by atoms with Gasteiger partial charge in [0.2, 0.25) is 0 Å². The lowest BCUT2D eigenvalue weighted by Crippen LogP contribution is -2.26. The third kappa shape index (κ3) is 4.59. The molecule has 7 rings (SSSR count). The Hall–Kier alpha value is -4.07. The highest BCUT2D eigenvalue weighted by Crippen LogP contribution is 2.50. The van der Waals surface area contributed by atoms with Gasteiger partial charge in [-0.25, -0.2) is 0 Å². The molecule has 4 aromatic carbocycles. The van der Waals surface area contributed by atoms with Gasteiger partial charge >= 0.3 is 0 Å². The van der Waals surface area contributed by atoms with Crippen LogP contribution >= 0.6 is 11.6 Å². The molecule has 0 heterocycles. The molecule has 4 aromatic rings. The first kappa shape index (κ1) is 25.9. The Morgan fingerprint density at radius 3 is 2.20 bits per heavy atom. The first-order valence-corrected chi connectivity index (χ1v) is 15.0. The maximum Gasteiger partial charge on any atom is 0.0555 e. The van der Waals surface area contributed by atoms with Gasteiger partial charge in [0.1, 0.15) is 0 Å². The highest BCUT2D eigenvalue weighted by molar-refractivity contribution is 6.22. The molecule has 0 saturated heterocycles. The monoisotopic (exact) mass is 551 g/mol. The van der Waals surface area contributed by atoms with Crippen molar-refractivity contribution in [2.75, 3.05) is 4.90 Å².